The third kappa shape index (κ3) is 4.61. The molecule has 0 bridgehead atoms. The van der Waals surface area contributed by atoms with E-state index in [1.54, 1.807) is 11.1 Å². The van der Waals surface area contributed by atoms with Crippen LogP contribution in [0, 0.1) is 0 Å². The molecule has 2 amide bonds. The smallest absolute Gasteiger partial charge is 0.408 e. The maximum absolute atomic E-state index is 13.6. The molecule has 2 N–H and O–H groups in total. The summed E-state index contributed by atoms with van der Waals surface area (Å²) < 4.78 is 5.38. The van der Waals surface area contributed by atoms with Gasteiger partial charge in [0.15, 0.2) is 0 Å². The Kier molecular flexibility index (Phi) is 6.18. The predicted molar refractivity (Wildman–Crippen MR) is 129 cm³/mol. The highest BCUT2D eigenvalue weighted by molar-refractivity contribution is 6.35. The maximum Gasteiger partial charge on any atom is 0.408 e. The molecular formula is C26H23ClN4O3. The molecule has 0 fully saturated rings. The third-order valence-electron chi connectivity index (χ3n) is 6.00. The Balaban J connectivity index is 1.43. The average molecular weight is 475 g/mol. The Hall–Kier alpha value is -3.84. The summed E-state index contributed by atoms with van der Waals surface area (Å²) in [6.07, 6.45) is 1.40. The molecule has 34 heavy (non-hydrogen) atoms. The van der Waals surface area contributed by atoms with Crippen LogP contribution in [0.5, 0.6) is 0 Å². The van der Waals surface area contributed by atoms with Crippen LogP contribution in [0.4, 0.5) is 4.79 Å². The number of amides is 2. The quantitative estimate of drug-likeness (QED) is 0.442. The number of benzene rings is 3. The van der Waals surface area contributed by atoms with Crippen molar-refractivity contribution >= 4 is 34.5 Å². The van der Waals surface area contributed by atoms with Crippen LogP contribution >= 0.6 is 11.6 Å². The lowest BCUT2D eigenvalue weighted by atomic mass is 9.99. The SMILES string of the molecule is O=C(N[C@@H]1Cc2cc(Cl)c3[nH]ncc3c2CN(Cc2ccccc2)C1=O)OCc1ccccc1. The van der Waals surface area contributed by atoms with Crippen LogP contribution in [0.1, 0.15) is 22.3 Å². The molecule has 0 unspecified atom stereocenters. The van der Waals surface area contributed by atoms with Crippen molar-refractivity contribution in [2.45, 2.75) is 32.2 Å². The number of carbonyl (C=O) groups is 2. The van der Waals surface area contributed by atoms with Gasteiger partial charge in [-0.05, 0) is 28.3 Å². The fraction of sp³-hybridized carbons (Fsp3) is 0.192. The lowest BCUT2D eigenvalue weighted by Gasteiger charge is -2.25. The first-order valence-electron chi connectivity index (χ1n) is 11.0. The lowest BCUT2D eigenvalue weighted by molar-refractivity contribution is -0.134. The molecule has 8 heteroatoms. The van der Waals surface area contributed by atoms with Gasteiger partial charge in [0.2, 0.25) is 5.91 Å². The molecule has 0 aliphatic carbocycles. The number of alkyl carbamates (subject to hydrolysis) is 1. The summed E-state index contributed by atoms with van der Waals surface area (Å²) in [6.45, 7) is 0.922. The normalized spacial score (nSPS) is 15.6. The van der Waals surface area contributed by atoms with E-state index in [1.807, 2.05) is 66.7 Å². The van der Waals surface area contributed by atoms with Crippen LogP contribution in [0.25, 0.3) is 10.9 Å². The maximum atomic E-state index is 13.6. The average Bonchev–Trinajstić information content (AvgIpc) is 3.31. The van der Waals surface area contributed by atoms with Crippen LogP contribution in [0.15, 0.2) is 72.9 Å². The molecule has 1 aliphatic heterocycles. The van der Waals surface area contributed by atoms with Gasteiger partial charge in [-0.2, -0.15) is 5.10 Å². The summed E-state index contributed by atoms with van der Waals surface area (Å²) in [7, 11) is 0. The van der Waals surface area contributed by atoms with Crippen molar-refractivity contribution < 1.29 is 14.3 Å². The van der Waals surface area contributed by atoms with Gasteiger partial charge in [0, 0.05) is 24.9 Å². The van der Waals surface area contributed by atoms with Crippen molar-refractivity contribution in [1.29, 1.82) is 0 Å². The van der Waals surface area contributed by atoms with Crippen LogP contribution in [0.3, 0.4) is 0 Å². The van der Waals surface area contributed by atoms with Crippen LogP contribution in [-0.2, 0) is 35.6 Å². The Morgan fingerprint density at radius 3 is 2.56 bits per heavy atom. The predicted octanol–water partition coefficient (Wildman–Crippen LogP) is 4.60. The molecule has 3 aromatic carbocycles. The van der Waals surface area contributed by atoms with E-state index in [0.717, 1.165) is 33.2 Å². The molecule has 172 valence electrons. The molecule has 0 radical (unpaired) electrons. The number of rotatable bonds is 5. The van der Waals surface area contributed by atoms with Gasteiger partial charge in [0.1, 0.15) is 12.6 Å². The van der Waals surface area contributed by atoms with E-state index >= 15 is 0 Å². The summed E-state index contributed by atoms with van der Waals surface area (Å²) in [5.41, 5.74) is 4.48. The zero-order valence-corrected chi connectivity index (χ0v) is 19.1. The van der Waals surface area contributed by atoms with Crippen LogP contribution in [-0.4, -0.2) is 33.1 Å². The van der Waals surface area contributed by atoms with E-state index in [1.165, 1.54) is 0 Å². The Labute approximate surface area is 201 Å². The van der Waals surface area contributed by atoms with Crippen LogP contribution in [0.2, 0.25) is 5.02 Å². The second-order valence-electron chi connectivity index (χ2n) is 8.30. The molecule has 4 aromatic rings. The molecule has 2 heterocycles. The van der Waals surface area contributed by atoms with E-state index in [2.05, 4.69) is 15.5 Å². The number of halogens is 1. The highest BCUT2D eigenvalue weighted by Gasteiger charge is 2.32. The summed E-state index contributed by atoms with van der Waals surface area (Å²) in [5.74, 6) is -0.176. The van der Waals surface area contributed by atoms with E-state index in [0.29, 0.717) is 24.5 Å². The molecule has 0 saturated heterocycles. The first-order chi connectivity index (χ1) is 16.6. The van der Waals surface area contributed by atoms with Gasteiger partial charge < -0.3 is 15.0 Å². The van der Waals surface area contributed by atoms with E-state index in [-0.39, 0.29) is 12.5 Å². The number of hydrogen-bond donors (Lipinski definition) is 2. The number of hydrogen-bond acceptors (Lipinski definition) is 4. The van der Waals surface area contributed by atoms with Gasteiger partial charge in [-0.3, -0.25) is 9.89 Å². The highest BCUT2D eigenvalue weighted by Crippen LogP contribution is 2.32. The number of ether oxygens (including phenoxy) is 1. The molecule has 0 saturated carbocycles. The van der Waals surface area contributed by atoms with Crippen molar-refractivity contribution in [3.63, 3.8) is 0 Å². The second-order valence-corrected chi connectivity index (χ2v) is 8.70. The molecule has 1 aliphatic rings. The summed E-state index contributed by atoms with van der Waals surface area (Å²) in [5, 5.41) is 11.3. The fourth-order valence-corrected chi connectivity index (χ4v) is 4.58. The van der Waals surface area contributed by atoms with Gasteiger partial charge >= 0.3 is 6.09 Å². The minimum absolute atomic E-state index is 0.124. The van der Waals surface area contributed by atoms with Crippen molar-refractivity contribution in [1.82, 2.24) is 20.4 Å². The number of nitrogens with one attached hydrogen (secondary N) is 2. The van der Waals surface area contributed by atoms with E-state index < -0.39 is 12.1 Å². The topological polar surface area (TPSA) is 87.3 Å². The summed E-state index contributed by atoms with van der Waals surface area (Å²) in [6, 6.07) is 20.2. The summed E-state index contributed by atoms with van der Waals surface area (Å²) in [4.78, 5) is 28.0. The Bertz CT molecular complexity index is 1320. The van der Waals surface area contributed by atoms with Crippen molar-refractivity contribution in [3.8, 4) is 0 Å². The highest BCUT2D eigenvalue weighted by atomic mass is 35.5. The Morgan fingerprint density at radius 2 is 1.82 bits per heavy atom. The summed E-state index contributed by atoms with van der Waals surface area (Å²) >= 11 is 6.48. The van der Waals surface area contributed by atoms with Crippen molar-refractivity contribution in [2.24, 2.45) is 0 Å². The van der Waals surface area contributed by atoms with Gasteiger partial charge in [0.05, 0.1) is 16.7 Å². The van der Waals surface area contributed by atoms with Crippen LogP contribution < -0.4 is 5.32 Å². The zero-order valence-electron chi connectivity index (χ0n) is 18.3. The van der Waals surface area contributed by atoms with Gasteiger partial charge in [-0.15, -0.1) is 0 Å². The molecule has 5 rings (SSSR count). The van der Waals surface area contributed by atoms with Gasteiger partial charge in [-0.1, -0.05) is 72.3 Å². The molecule has 7 nitrogen and oxygen atoms in total. The third-order valence-corrected chi connectivity index (χ3v) is 6.29. The molecule has 1 atom stereocenters. The number of aromatic amines is 1. The van der Waals surface area contributed by atoms with E-state index in [9.17, 15) is 9.59 Å². The fourth-order valence-electron chi connectivity index (χ4n) is 4.30. The lowest BCUT2D eigenvalue weighted by Crippen LogP contribution is -2.48. The minimum atomic E-state index is -0.784. The number of aromatic nitrogens is 2. The van der Waals surface area contributed by atoms with E-state index in [4.69, 9.17) is 16.3 Å². The monoisotopic (exact) mass is 474 g/mol. The van der Waals surface area contributed by atoms with Gasteiger partial charge in [-0.25, -0.2) is 4.79 Å². The van der Waals surface area contributed by atoms with Gasteiger partial charge in [0.25, 0.3) is 0 Å². The number of nitrogens with zero attached hydrogens (tertiary/aromatic N) is 2. The molecular weight excluding hydrogens is 452 g/mol. The second kappa shape index (κ2) is 9.57. The van der Waals surface area contributed by atoms with Crippen molar-refractivity contribution in [3.05, 3.63) is 100 Å². The minimum Gasteiger partial charge on any atom is -0.445 e. The molecule has 1 aromatic heterocycles. The zero-order chi connectivity index (χ0) is 23.5. The number of carbonyl (C=O) groups excluding carboxylic acids is 2. The first kappa shape index (κ1) is 22.0. The number of H-pyrrole nitrogens is 1. The molecule has 0 spiro atoms. The first-order valence-corrected chi connectivity index (χ1v) is 11.4. The number of fused-ring (bicyclic) bond motifs is 3. The standard InChI is InChI=1S/C26H23ClN4O3/c27-22-11-19-12-23(29-26(33)34-16-18-9-5-2-6-10-18)25(32)31(14-17-7-3-1-4-8-17)15-21(19)20-13-28-30-24(20)22/h1-11,13,23H,12,14-16H2,(H,28,30)(H,29,33)/t23-/m1/s1. The Morgan fingerprint density at radius 1 is 1.12 bits per heavy atom. The van der Waals surface area contributed by atoms with Crippen molar-refractivity contribution in [2.75, 3.05) is 0 Å². The largest absolute Gasteiger partial charge is 0.445 e.